The molecule has 0 fully saturated rings. The van der Waals surface area contributed by atoms with Crippen LogP contribution in [0.4, 0.5) is 0 Å². The Labute approximate surface area is 105 Å². The van der Waals surface area contributed by atoms with Crippen LogP contribution in [0, 0.1) is 0 Å². The average Bonchev–Trinajstić information content (AvgIpc) is 2.77. The summed E-state index contributed by atoms with van der Waals surface area (Å²) in [6, 6.07) is 8.37. The second kappa shape index (κ2) is 4.14. The van der Waals surface area contributed by atoms with Crippen LogP contribution in [0.15, 0.2) is 24.3 Å². The number of benzene rings is 1. The van der Waals surface area contributed by atoms with Crippen LogP contribution in [0.3, 0.4) is 0 Å². The highest BCUT2D eigenvalue weighted by Crippen LogP contribution is 2.28. The van der Waals surface area contributed by atoms with Crippen LogP contribution in [-0.2, 0) is 16.0 Å². The van der Waals surface area contributed by atoms with Gasteiger partial charge in [0.15, 0.2) is 6.04 Å². The minimum atomic E-state index is -0.141. The van der Waals surface area contributed by atoms with E-state index in [0.717, 1.165) is 11.9 Å². The lowest BCUT2D eigenvalue weighted by Crippen LogP contribution is -2.94. The summed E-state index contributed by atoms with van der Waals surface area (Å²) in [5, 5.41) is 3.30. The predicted molar refractivity (Wildman–Crippen MR) is 68.1 cm³/mol. The van der Waals surface area contributed by atoms with Crippen molar-refractivity contribution in [3.05, 3.63) is 35.5 Å². The van der Waals surface area contributed by atoms with E-state index in [1.807, 2.05) is 12.1 Å². The zero-order valence-corrected chi connectivity index (χ0v) is 10.6. The van der Waals surface area contributed by atoms with E-state index < -0.39 is 0 Å². The second-order valence-electron chi connectivity index (χ2n) is 4.88. The minimum Gasteiger partial charge on any atom is -0.465 e. The maximum absolute atomic E-state index is 11.7. The maximum atomic E-state index is 11.7. The Morgan fingerprint density at radius 3 is 3.00 bits per heavy atom. The van der Waals surface area contributed by atoms with E-state index in [0.29, 0.717) is 0 Å². The Morgan fingerprint density at radius 1 is 1.44 bits per heavy atom. The molecule has 2 heterocycles. The van der Waals surface area contributed by atoms with E-state index in [-0.39, 0.29) is 18.1 Å². The van der Waals surface area contributed by atoms with Crippen LogP contribution in [0.1, 0.15) is 24.2 Å². The fourth-order valence-corrected chi connectivity index (χ4v) is 2.88. The van der Waals surface area contributed by atoms with E-state index in [1.54, 1.807) is 0 Å². The highest BCUT2D eigenvalue weighted by atomic mass is 16.5. The molecule has 94 valence electrons. The molecule has 4 heteroatoms. The van der Waals surface area contributed by atoms with Gasteiger partial charge in [-0.3, -0.25) is 0 Å². The summed E-state index contributed by atoms with van der Waals surface area (Å²) in [7, 11) is 1.45. The quantitative estimate of drug-likeness (QED) is 0.733. The molecule has 2 aromatic rings. The number of nitrogens with one attached hydrogen (secondary N) is 1. The topological polar surface area (TPSA) is 58.7 Å². The van der Waals surface area contributed by atoms with Gasteiger partial charge in [0.2, 0.25) is 0 Å². The van der Waals surface area contributed by atoms with Gasteiger partial charge in [-0.05, 0) is 18.6 Å². The van der Waals surface area contributed by atoms with Crippen molar-refractivity contribution in [1.29, 1.82) is 0 Å². The third-order valence-corrected chi connectivity index (χ3v) is 3.75. The van der Waals surface area contributed by atoms with Crippen LogP contribution in [-0.4, -0.2) is 24.1 Å². The third kappa shape index (κ3) is 1.61. The molecule has 2 atom stereocenters. The zero-order valence-electron chi connectivity index (χ0n) is 10.6. The molecule has 1 aliphatic heterocycles. The van der Waals surface area contributed by atoms with Crippen molar-refractivity contribution < 1.29 is 14.8 Å². The molecule has 1 aromatic heterocycles. The number of carbonyl (C=O) groups excluding carboxylic acids is 1. The highest BCUT2D eigenvalue weighted by Gasteiger charge is 2.34. The fraction of sp³-hybridized carbons (Fsp3) is 0.357. The van der Waals surface area contributed by atoms with Gasteiger partial charge < -0.3 is 15.0 Å². The SMILES string of the molecule is COC(=O)[C@@H]1Cc2c([nH]c3ccccc23)[C@H](C)[NH2+]1. The number of rotatable bonds is 1. The molecule has 0 unspecified atom stereocenters. The van der Waals surface area contributed by atoms with Crippen molar-refractivity contribution >= 4 is 16.9 Å². The molecule has 3 rings (SSSR count). The molecular formula is C14H17N2O2+. The molecule has 0 radical (unpaired) electrons. The number of esters is 1. The number of hydrogen-bond acceptors (Lipinski definition) is 2. The Hall–Kier alpha value is -1.81. The largest absolute Gasteiger partial charge is 0.465 e. The van der Waals surface area contributed by atoms with Crippen molar-refractivity contribution in [2.24, 2.45) is 0 Å². The number of methoxy groups -OCH3 is 1. The van der Waals surface area contributed by atoms with Gasteiger partial charge in [0.05, 0.1) is 12.8 Å². The van der Waals surface area contributed by atoms with Gasteiger partial charge in [0.1, 0.15) is 6.04 Å². The normalized spacial score (nSPS) is 22.8. The van der Waals surface area contributed by atoms with Crippen LogP contribution in [0.2, 0.25) is 0 Å². The van der Waals surface area contributed by atoms with Crippen molar-refractivity contribution in [3.63, 3.8) is 0 Å². The van der Waals surface area contributed by atoms with Crippen molar-refractivity contribution in [3.8, 4) is 0 Å². The van der Waals surface area contributed by atoms with Crippen molar-refractivity contribution in [2.45, 2.75) is 25.4 Å². The monoisotopic (exact) mass is 245 g/mol. The Balaban J connectivity index is 2.09. The maximum Gasteiger partial charge on any atom is 0.364 e. The smallest absolute Gasteiger partial charge is 0.364 e. The average molecular weight is 245 g/mol. The summed E-state index contributed by atoms with van der Waals surface area (Å²) >= 11 is 0. The molecule has 18 heavy (non-hydrogen) atoms. The van der Waals surface area contributed by atoms with Crippen LogP contribution in [0.5, 0.6) is 0 Å². The van der Waals surface area contributed by atoms with E-state index in [1.165, 1.54) is 23.8 Å². The molecule has 0 aliphatic carbocycles. The Bertz CT molecular complexity index is 603. The number of H-pyrrole nitrogens is 1. The van der Waals surface area contributed by atoms with Crippen LogP contribution >= 0.6 is 0 Å². The molecule has 1 aromatic carbocycles. The van der Waals surface area contributed by atoms with Gasteiger partial charge in [0, 0.05) is 17.3 Å². The highest BCUT2D eigenvalue weighted by molar-refractivity contribution is 5.86. The summed E-state index contributed by atoms with van der Waals surface area (Å²) in [5.41, 5.74) is 3.64. The number of para-hydroxylation sites is 1. The predicted octanol–water partition coefficient (Wildman–Crippen LogP) is 0.890. The molecule has 0 saturated heterocycles. The standard InChI is InChI=1S/C14H16N2O2/c1-8-13-10(7-12(15-8)14(17)18-2)9-5-3-4-6-11(9)16-13/h3-6,8,12,15-16H,7H2,1-2H3/p+1/t8-,12-/m0/s1. The summed E-state index contributed by atoms with van der Waals surface area (Å²) < 4.78 is 4.86. The number of fused-ring (bicyclic) bond motifs is 3. The van der Waals surface area contributed by atoms with E-state index in [4.69, 9.17) is 4.74 Å². The van der Waals surface area contributed by atoms with Gasteiger partial charge in [-0.2, -0.15) is 0 Å². The number of nitrogens with two attached hydrogens (primary N) is 1. The molecular weight excluding hydrogens is 228 g/mol. The van der Waals surface area contributed by atoms with Crippen molar-refractivity contribution in [2.75, 3.05) is 7.11 Å². The van der Waals surface area contributed by atoms with Crippen molar-refractivity contribution in [1.82, 2.24) is 4.98 Å². The fourth-order valence-electron chi connectivity index (χ4n) is 2.88. The van der Waals surface area contributed by atoms with Gasteiger partial charge >= 0.3 is 5.97 Å². The van der Waals surface area contributed by atoms with Gasteiger partial charge in [-0.25, -0.2) is 4.79 Å². The lowest BCUT2D eigenvalue weighted by atomic mass is 9.95. The minimum absolute atomic E-state index is 0.128. The summed E-state index contributed by atoms with van der Waals surface area (Å²) in [6.45, 7) is 2.11. The first-order chi connectivity index (χ1) is 8.70. The lowest BCUT2D eigenvalue weighted by molar-refractivity contribution is -0.718. The van der Waals surface area contributed by atoms with Gasteiger partial charge in [-0.1, -0.05) is 18.2 Å². The molecule has 0 bridgehead atoms. The van der Waals surface area contributed by atoms with Gasteiger partial charge in [-0.15, -0.1) is 0 Å². The summed E-state index contributed by atoms with van der Waals surface area (Å²) in [5.74, 6) is -0.141. The molecule has 0 spiro atoms. The Kier molecular flexibility index (Phi) is 2.59. The first-order valence-electron chi connectivity index (χ1n) is 6.23. The second-order valence-corrected chi connectivity index (χ2v) is 4.88. The lowest BCUT2D eigenvalue weighted by Gasteiger charge is -2.24. The van der Waals surface area contributed by atoms with Crippen LogP contribution < -0.4 is 5.32 Å². The number of aromatic amines is 1. The number of hydrogen-bond donors (Lipinski definition) is 2. The Morgan fingerprint density at radius 2 is 2.22 bits per heavy atom. The molecule has 4 nitrogen and oxygen atoms in total. The molecule has 3 N–H and O–H groups in total. The van der Waals surface area contributed by atoms with E-state index in [2.05, 4.69) is 29.4 Å². The number of quaternary nitrogens is 1. The van der Waals surface area contributed by atoms with Crippen LogP contribution in [0.25, 0.3) is 10.9 Å². The molecule has 0 saturated carbocycles. The third-order valence-electron chi connectivity index (χ3n) is 3.75. The first kappa shape index (κ1) is 11.3. The van der Waals surface area contributed by atoms with E-state index in [9.17, 15) is 4.79 Å². The summed E-state index contributed by atoms with van der Waals surface area (Å²) in [4.78, 5) is 15.2. The number of aromatic nitrogens is 1. The van der Waals surface area contributed by atoms with Gasteiger partial charge in [0.25, 0.3) is 0 Å². The summed E-state index contributed by atoms with van der Waals surface area (Å²) in [6.07, 6.45) is 0.732. The number of carbonyl (C=O) groups is 1. The van der Waals surface area contributed by atoms with E-state index >= 15 is 0 Å². The molecule has 0 amide bonds. The molecule has 1 aliphatic rings. The first-order valence-corrected chi connectivity index (χ1v) is 6.23. The number of ether oxygens (including phenoxy) is 1. The zero-order chi connectivity index (χ0) is 12.7.